The van der Waals surface area contributed by atoms with Gasteiger partial charge < -0.3 is 10.0 Å². The number of carbonyl (C=O) groups excluding carboxylic acids is 2. The smallest absolute Gasteiger partial charge is 0.327 e. The summed E-state index contributed by atoms with van der Waals surface area (Å²) in [6.07, 6.45) is -0.848. The second-order valence-corrected chi connectivity index (χ2v) is 5.00. The second-order valence-electron chi connectivity index (χ2n) is 5.00. The number of rotatable bonds is 3. The molecule has 1 saturated heterocycles. The van der Waals surface area contributed by atoms with E-state index < -0.39 is 6.10 Å². The van der Waals surface area contributed by atoms with Gasteiger partial charge in [0.15, 0.2) is 0 Å². The molecule has 1 aliphatic heterocycles. The standard InChI is InChI=1S/C14H18N2O3/c1-9-4-5-11(6-10(9)2)12(17)7-16-13(18)8-15(3)14(16)19/h4-6,12,17H,7-8H2,1-3H3. The lowest BCUT2D eigenvalue weighted by atomic mass is 10.0. The van der Waals surface area contributed by atoms with Crippen LogP contribution in [0.4, 0.5) is 4.79 Å². The van der Waals surface area contributed by atoms with Gasteiger partial charge in [0.25, 0.3) is 0 Å². The van der Waals surface area contributed by atoms with Gasteiger partial charge in [0.05, 0.1) is 12.6 Å². The number of aliphatic hydroxyl groups excluding tert-OH is 1. The van der Waals surface area contributed by atoms with Gasteiger partial charge in [-0.05, 0) is 30.5 Å². The highest BCUT2D eigenvalue weighted by molar-refractivity contribution is 6.01. The van der Waals surface area contributed by atoms with Crippen molar-refractivity contribution in [2.75, 3.05) is 20.1 Å². The Kier molecular flexibility index (Phi) is 3.57. The first kappa shape index (κ1) is 13.5. The first-order valence-corrected chi connectivity index (χ1v) is 6.21. The van der Waals surface area contributed by atoms with Crippen molar-refractivity contribution in [1.29, 1.82) is 0 Å². The Morgan fingerprint density at radius 2 is 1.95 bits per heavy atom. The minimum absolute atomic E-state index is 0.00447. The van der Waals surface area contributed by atoms with Crippen molar-refractivity contribution in [1.82, 2.24) is 9.80 Å². The zero-order chi connectivity index (χ0) is 14.2. The minimum Gasteiger partial charge on any atom is -0.387 e. The number of nitrogens with zero attached hydrogens (tertiary/aromatic N) is 2. The van der Waals surface area contributed by atoms with Crippen molar-refractivity contribution in [3.05, 3.63) is 34.9 Å². The van der Waals surface area contributed by atoms with Gasteiger partial charge in [0, 0.05) is 7.05 Å². The molecule has 0 bridgehead atoms. The van der Waals surface area contributed by atoms with Gasteiger partial charge >= 0.3 is 6.03 Å². The van der Waals surface area contributed by atoms with E-state index in [0.29, 0.717) is 0 Å². The van der Waals surface area contributed by atoms with E-state index in [2.05, 4.69) is 0 Å². The van der Waals surface area contributed by atoms with Crippen molar-refractivity contribution in [3.8, 4) is 0 Å². The monoisotopic (exact) mass is 262 g/mol. The quantitative estimate of drug-likeness (QED) is 0.833. The van der Waals surface area contributed by atoms with Gasteiger partial charge in [0.1, 0.15) is 6.54 Å². The fraction of sp³-hybridized carbons (Fsp3) is 0.429. The maximum Gasteiger partial charge on any atom is 0.327 e. The number of benzene rings is 1. The van der Waals surface area contributed by atoms with Crippen molar-refractivity contribution < 1.29 is 14.7 Å². The van der Waals surface area contributed by atoms with E-state index >= 15 is 0 Å². The molecule has 1 atom stereocenters. The molecule has 0 aliphatic carbocycles. The summed E-state index contributed by atoms with van der Waals surface area (Å²) in [7, 11) is 1.57. The Hall–Kier alpha value is -1.88. The van der Waals surface area contributed by atoms with Crippen LogP contribution in [-0.2, 0) is 4.79 Å². The Morgan fingerprint density at radius 3 is 2.47 bits per heavy atom. The molecule has 0 saturated carbocycles. The molecule has 0 spiro atoms. The highest BCUT2D eigenvalue weighted by atomic mass is 16.3. The zero-order valence-corrected chi connectivity index (χ0v) is 11.4. The average Bonchev–Trinajstić information content (AvgIpc) is 2.59. The van der Waals surface area contributed by atoms with Crippen LogP contribution in [0.3, 0.4) is 0 Å². The van der Waals surface area contributed by atoms with Crippen LogP contribution in [0.2, 0.25) is 0 Å². The van der Waals surface area contributed by atoms with Crippen molar-refractivity contribution in [3.63, 3.8) is 0 Å². The SMILES string of the molecule is Cc1ccc(C(O)CN2C(=O)CN(C)C2=O)cc1C. The van der Waals surface area contributed by atoms with E-state index in [1.165, 1.54) is 4.90 Å². The number of urea groups is 1. The first-order chi connectivity index (χ1) is 8.90. The lowest BCUT2D eigenvalue weighted by Crippen LogP contribution is -2.35. The number of β-amino-alcohol motifs (C(OH)–C–C–N with tert-alkyl or cyclic N) is 1. The highest BCUT2D eigenvalue weighted by Gasteiger charge is 2.34. The number of aliphatic hydroxyl groups is 1. The zero-order valence-electron chi connectivity index (χ0n) is 11.4. The predicted octanol–water partition coefficient (Wildman–Crippen LogP) is 1.23. The summed E-state index contributed by atoms with van der Waals surface area (Å²) in [4.78, 5) is 25.8. The number of likely N-dealkylation sites (N-methyl/N-ethyl adjacent to an activating group) is 1. The molecule has 19 heavy (non-hydrogen) atoms. The summed E-state index contributed by atoms with van der Waals surface area (Å²) in [5.74, 6) is -0.268. The molecule has 2 rings (SSSR count). The van der Waals surface area contributed by atoms with Crippen LogP contribution in [0.5, 0.6) is 0 Å². The fourth-order valence-corrected chi connectivity index (χ4v) is 2.10. The van der Waals surface area contributed by atoms with Crippen molar-refractivity contribution in [2.24, 2.45) is 0 Å². The molecule has 1 aromatic rings. The van der Waals surface area contributed by atoms with E-state index in [-0.39, 0.29) is 25.0 Å². The number of carbonyl (C=O) groups is 2. The number of amides is 3. The van der Waals surface area contributed by atoms with Gasteiger partial charge in [-0.15, -0.1) is 0 Å². The summed E-state index contributed by atoms with van der Waals surface area (Å²) < 4.78 is 0. The lowest BCUT2D eigenvalue weighted by Gasteiger charge is -2.19. The molecule has 1 N–H and O–H groups in total. The normalized spacial score (nSPS) is 17.3. The van der Waals surface area contributed by atoms with Gasteiger partial charge in [-0.2, -0.15) is 0 Å². The van der Waals surface area contributed by atoms with Crippen LogP contribution < -0.4 is 0 Å². The maximum atomic E-state index is 11.7. The molecule has 1 fully saturated rings. The Bertz CT molecular complexity index is 527. The summed E-state index contributed by atoms with van der Waals surface area (Å²) in [5, 5.41) is 10.2. The van der Waals surface area contributed by atoms with E-state index in [9.17, 15) is 14.7 Å². The van der Waals surface area contributed by atoms with Gasteiger partial charge in [0.2, 0.25) is 5.91 Å². The Morgan fingerprint density at radius 1 is 1.26 bits per heavy atom. The largest absolute Gasteiger partial charge is 0.387 e. The second kappa shape index (κ2) is 5.01. The molecule has 0 radical (unpaired) electrons. The van der Waals surface area contributed by atoms with Crippen LogP contribution in [0.1, 0.15) is 22.8 Å². The third kappa shape index (κ3) is 2.61. The summed E-state index contributed by atoms with van der Waals surface area (Å²) in [5.41, 5.74) is 2.94. The van der Waals surface area contributed by atoms with E-state index in [4.69, 9.17) is 0 Å². The topological polar surface area (TPSA) is 60.9 Å². The molecule has 3 amide bonds. The minimum atomic E-state index is -0.848. The molecule has 5 nitrogen and oxygen atoms in total. The molecular weight excluding hydrogens is 244 g/mol. The molecule has 1 unspecified atom stereocenters. The molecule has 1 aromatic carbocycles. The number of hydrogen-bond donors (Lipinski definition) is 1. The molecule has 5 heteroatoms. The summed E-state index contributed by atoms with van der Waals surface area (Å²) in [6, 6.07) is 5.28. The van der Waals surface area contributed by atoms with Gasteiger partial charge in [-0.3, -0.25) is 9.69 Å². The van der Waals surface area contributed by atoms with Gasteiger partial charge in [-0.25, -0.2) is 4.79 Å². The van der Waals surface area contributed by atoms with Gasteiger partial charge in [-0.1, -0.05) is 18.2 Å². The van der Waals surface area contributed by atoms with Crippen molar-refractivity contribution >= 4 is 11.9 Å². The van der Waals surface area contributed by atoms with Crippen LogP contribution in [0.25, 0.3) is 0 Å². The molecule has 0 aromatic heterocycles. The Balaban J connectivity index is 2.12. The van der Waals surface area contributed by atoms with Crippen LogP contribution in [0, 0.1) is 13.8 Å². The number of aryl methyl sites for hydroxylation is 2. The molecule has 102 valence electrons. The maximum absolute atomic E-state index is 11.7. The number of imide groups is 1. The van der Waals surface area contributed by atoms with Crippen molar-refractivity contribution in [2.45, 2.75) is 20.0 Å². The summed E-state index contributed by atoms with van der Waals surface area (Å²) in [6.45, 7) is 4.04. The number of hydrogen-bond acceptors (Lipinski definition) is 3. The predicted molar refractivity (Wildman–Crippen MR) is 70.6 cm³/mol. The highest BCUT2D eigenvalue weighted by Crippen LogP contribution is 2.20. The molecule has 1 aliphatic rings. The summed E-state index contributed by atoms with van der Waals surface area (Å²) >= 11 is 0. The molecule has 1 heterocycles. The molecular formula is C14H18N2O3. The third-order valence-corrected chi connectivity index (χ3v) is 3.50. The average molecular weight is 262 g/mol. The Labute approximate surface area is 112 Å². The third-order valence-electron chi connectivity index (χ3n) is 3.50. The van der Waals surface area contributed by atoms with Crippen LogP contribution >= 0.6 is 0 Å². The van der Waals surface area contributed by atoms with E-state index in [1.807, 2.05) is 32.0 Å². The van der Waals surface area contributed by atoms with E-state index in [1.54, 1.807) is 7.05 Å². The van der Waals surface area contributed by atoms with Crippen LogP contribution in [0.15, 0.2) is 18.2 Å². The fourth-order valence-electron chi connectivity index (χ4n) is 2.10. The lowest BCUT2D eigenvalue weighted by molar-refractivity contribution is -0.126. The van der Waals surface area contributed by atoms with E-state index in [0.717, 1.165) is 21.6 Å². The first-order valence-electron chi connectivity index (χ1n) is 6.21. The van der Waals surface area contributed by atoms with Crippen LogP contribution in [-0.4, -0.2) is 47.0 Å².